The van der Waals surface area contributed by atoms with E-state index in [9.17, 15) is 0 Å². The number of hydrazine groups is 1. The second kappa shape index (κ2) is 5.56. The molecule has 0 bridgehead atoms. The molecule has 0 aliphatic rings. The largest absolute Gasteiger partial charge is 0.271 e. The van der Waals surface area contributed by atoms with E-state index in [1.54, 1.807) is 12.1 Å². The lowest BCUT2D eigenvalue weighted by Gasteiger charge is -1.98. The zero-order chi connectivity index (χ0) is 8.10. The van der Waals surface area contributed by atoms with Crippen LogP contribution in [-0.4, -0.2) is 0 Å². The SMILES string of the molecule is Cl.N#Cc1cccc(CNN)c1. The summed E-state index contributed by atoms with van der Waals surface area (Å²) in [6.45, 7) is 0.593. The Kier molecular flexibility index (Phi) is 5.06. The van der Waals surface area contributed by atoms with Gasteiger partial charge in [0.25, 0.3) is 0 Å². The summed E-state index contributed by atoms with van der Waals surface area (Å²) >= 11 is 0. The molecule has 1 aromatic rings. The summed E-state index contributed by atoms with van der Waals surface area (Å²) in [6.07, 6.45) is 0. The highest BCUT2D eigenvalue weighted by atomic mass is 35.5. The molecule has 0 aliphatic carbocycles. The van der Waals surface area contributed by atoms with E-state index in [1.807, 2.05) is 12.1 Å². The average molecular weight is 184 g/mol. The molecule has 12 heavy (non-hydrogen) atoms. The molecular formula is C8H10ClN3. The maximum atomic E-state index is 8.53. The molecule has 1 rings (SSSR count). The number of rotatable bonds is 2. The summed E-state index contributed by atoms with van der Waals surface area (Å²) in [6, 6.07) is 9.38. The van der Waals surface area contributed by atoms with E-state index in [0.29, 0.717) is 12.1 Å². The van der Waals surface area contributed by atoms with Crippen LogP contribution in [0.15, 0.2) is 24.3 Å². The molecule has 0 unspecified atom stereocenters. The second-order valence-corrected chi connectivity index (χ2v) is 2.19. The highest BCUT2D eigenvalue weighted by Gasteiger charge is 1.91. The van der Waals surface area contributed by atoms with Gasteiger partial charge in [-0.15, -0.1) is 12.4 Å². The maximum absolute atomic E-state index is 8.53. The standard InChI is InChI=1S/C8H9N3.ClH/c9-5-7-2-1-3-8(4-7)6-11-10;/h1-4,11H,6,10H2;1H. The number of hydrogen-bond donors (Lipinski definition) is 2. The molecule has 0 amide bonds. The molecule has 3 N–H and O–H groups in total. The molecule has 0 heterocycles. The molecule has 64 valence electrons. The highest BCUT2D eigenvalue weighted by Crippen LogP contribution is 2.02. The van der Waals surface area contributed by atoms with Gasteiger partial charge in [0, 0.05) is 6.54 Å². The van der Waals surface area contributed by atoms with Crippen molar-refractivity contribution in [1.29, 1.82) is 5.26 Å². The Labute approximate surface area is 77.6 Å². The molecule has 0 aromatic heterocycles. The first-order valence-electron chi connectivity index (χ1n) is 3.29. The van der Waals surface area contributed by atoms with Crippen LogP contribution in [0.2, 0.25) is 0 Å². The van der Waals surface area contributed by atoms with E-state index in [1.165, 1.54) is 0 Å². The smallest absolute Gasteiger partial charge is 0.0991 e. The van der Waals surface area contributed by atoms with Gasteiger partial charge in [-0.3, -0.25) is 11.3 Å². The number of nitrogens with two attached hydrogens (primary N) is 1. The number of nitriles is 1. The Hall–Kier alpha value is -1.08. The van der Waals surface area contributed by atoms with Crippen molar-refractivity contribution in [2.24, 2.45) is 5.84 Å². The van der Waals surface area contributed by atoms with E-state index >= 15 is 0 Å². The quantitative estimate of drug-likeness (QED) is 0.530. The minimum absolute atomic E-state index is 0. The van der Waals surface area contributed by atoms with Gasteiger partial charge < -0.3 is 0 Å². The fourth-order valence-corrected chi connectivity index (χ4v) is 0.869. The Balaban J connectivity index is 0.00000121. The molecule has 3 nitrogen and oxygen atoms in total. The predicted octanol–water partition coefficient (Wildman–Crippen LogP) is 0.943. The predicted molar refractivity (Wildman–Crippen MR) is 49.4 cm³/mol. The molecule has 0 saturated heterocycles. The third-order valence-electron chi connectivity index (χ3n) is 1.36. The normalized spacial score (nSPS) is 8.33. The lowest BCUT2D eigenvalue weighted by Crippen LogP contribution is -2.20. The van der Waals surface area contributed by atoms with Crippen molar-refractivity contribution < 1.29 is 0 Å². The van der Waals surface area contributed by atoms with Gasteiger partial charge >= 0.3 is 0 Å². The molecule has 0 saturated carbocycles. The van der Waals surface area contributed by atoms with Crippen LogP contribution >= 0.6 is 12.4 Å². The highest BCUT2D eigenvalue weighted by molar-refractivity contribution is 5.85. The summed E-state index contributed by atoms with van der Waals surface area (Å²) < 4.78 is 0. The number of nitrogens with zero attached hydrogens (tertiary/aromatic N) is 1. The third kappa shape index (κ3) is 2.89. The monoisotopic (exact) mass is 183 g/mol. The lowest BCUT2D eigenvalue weighted by molar-refractivity contribution is 0.741. The van der Waals surface area contributed by atoms with Crippen LogP contribution in [-0.2, 0) is 6.54 Å². The van der Waals surface area contributed by atoms with Crippen LogP contribution in [0.5, 0.6) is 0 Å². The topological polar surface area (TPSA) is 61.8 Å². The summed E-state index contributed by atoms with van der Waals surface area (Å²) in [7, 11) is 0. The maximum Gasteiger partial charge on any atom is 0.0991 e. The van der Waals surface area contributed by atoms with Gasteiger partial charge in [0.2, 0.25) is 0 Å². The molecule has 0 aliphatic heterocycles. The molecule has 0 atom stereocenters. The average Bonchev–Trinajstić information content (AvgIpc) is 2.06. The van der Waals surface area contributed by atoms with Gasteiger partial charge in [0.15, 0.2) is 0 Å². The number of halogens is 1. The van der Waals surface area contributed by atoms with E-state index in [-0.39, 0.29) is 12.4 Å². The Bertz CT molecular complexity index is 280. The minimum atomic E-state index is 0. The zero-order valence-electron chi connectivity index (χ0n) is 6.45. The van der Waals surface area contributed by atoms with Gasteiger partial charge in [0.1, 0.15) is 0 Å². The first-order chi connectivity index (χ1) is 5.36. The van der Waals surface area contributed by atoms with Crippen molar-refractivity contribution in [3.05, 3.63) is 35.4 Å². The van der Waals surface area contributed by atoms with Crippen LogP contribution < -0.4 is 11.3 Å². The van der Waals surface area contributed by atoms with Crippen LogP contribution in [0.25, 0.3) is 0 Å². The first-order valence-corrected chi connectivity index (χ1v) is 3.29. The van der Waals surface area contributed by atoms with Crippen molar-refractivity contribution in [2.75, 3.05) is 0 Å². The van der Waals surface area contributed by atoms with Crippen LogP contribution in [0.4, 0.5) is 0 Å². The second-order valence-electron chi connectivity index (χ2n) is 2.19. The van der Waals surface area contributed by atoms with E-state index in [0.717, 1.165) is 5.56 Å². The molecule has 0 spiro atoms. The molecule has 0 fully saturated rings. The summed E-state index contributed by atoms with van der Waals surface area (Å²) in [5, 5.41) is 8.53. The Morgan fingerprint density at radius 3 is 2.83 bits per heavy atom. The van der Waals surface area contributed by atoms with Gasteiger partial charge in [-0.1, -0.05) is 12.1 Å². The van der Waals surface area contributed by atoms with Crippen LogP contribution in [0.3, 0.4) is 0 Å². The fourth-order valence-electron chi connectivity index (χ4n) is 0.869. The molecular weight excluding hydrogens is 174 g/mol. The van der Waals surface area contributed by atoms with E-state index < -0.39 is 0 Å². The van der Waals surface area contributed by atoms with Gasteiger partial charge in [0.05, 0.1) is 11.6 Å². The minimum Gasteiger partial charge on any atom is -0.271 e. The van der Waals surface area contributed by atoms with Crippen molar-refractivity contribution in [3.8, 4) is 6.07 Å². The van der Waals surface area contributed by atoms with Crippen molar-refractivity contribution in [1.82, 2.24) is 5.43 Å². The van der Waals surface area contributed by atoms with Crippen LogP contribution in [0.1, 0.15) is 11.1 Å². The van der Waals surface area contributed by atoms with Crippen molar-refractivity contribution in [3.63, 3.8) is 0 Å². The Morgan fingerprint density at radius 1 is 1.50 bits per heavy atom. The molecule has 0 radical (unpaired) electrons. The van der Waals surface area contributed by atoms with Crippen LogP contribution in [0, 0.1) is 11.3 Å². The van der Waals surface area contributed by atoms with E-state index in [2.05, 4.69) is 11.5 Å². The lowest BCUT2D eigenvalue weighted by atomic mass is 10.1. The van der Waals surface area contributed by atoms with Gasteiger partial charge in [-0.25, -0.2) is 0 Å². The van der Waals surface area contributed by atoms with Gasteiger partial charge in [-0.2, -0.15) is 5.26 Å². The fraction of sp³-hybridized carbons (Fsp3) is 0.125. The van der Waals surface area contributed by atoms with E-state index in [4.69, 9.17) is 11.1 Å². The third-order valence-corrected chi connectivity index (χ3v) is 1.36. The number of benzene rings is 1. The molecule has 1 aromatic carbocycles. The van der Waals surface area contributed by atoms with Crippen molar-refractivity contribution >= 4 is 12.4 Å². The summed E-state index contributed by atoms with van der Waals surface area (Å²) in [5.41, 5.74) is 4.21. The number of nitrogens with one attached hydrogen (secondary N) is 1. The molecule has 4 heteroatoms. The summed E-state index contributed by atoms with van der Waals surface area (Å²) in [5.74, 6) is 5.12. The zero-order valence-corrected chi connectivity index (χ0v) is 7.27. The number of hydrogen-bond acceptors (Lipinski definition) is 3. The van der Waals surface area contributed by atoms with Crippen molar-refractivity contribution in [2.45, 2.75) is 6.54 Å². The van der Waals surface area contributed by atoms with Gasteiger partial charge in [-0.05, 0) is 17.7 Å². The Morgan fingerprint density at radius 2 is 2.25 bits per heavy atom. The summed E-state index contributed by atoms with van der Waals surface area (Å²) in [4.78, 5) is 0. The first kappa shape index (κ1) is 10.9.